The summed E-state index contributed by atoms with van der Waals surface area (Å²) in [6, 6.07) is 10.7. The molecule has 6 nitrogen and oxygen atoms in total. The highest BCUT2D eigenvalue weighted by Crippen LogP contribution is 2.20. The van der Waals surface area contributed by atoms with Gasteiger partial charge in [-0.1, -0.05) is 30.7 Å². The zero-order chi connectivity index (χ0) is 21.0. The fourth-order valence-electron chi connectivity index (χ4n) is 3.09. The fourth-order valence-corrected chi connectivity index (χ4v) is 3.26. The number of hydrogen-bond acceptors (Lipinski definition) is 4. The van der Waals surface area contributed by atoms with E-state index in [1.165, 1.54) is 0 Å². The van der Waals surface area contributed by atoms with Gasteiger partial charge in [-0.05, 0) is 55.7 Å². The number of benzene rings is 2. The first kappa shape index (κ1) is 20.9. The van der Waals surface area contributed by atoms with Gasteiger partial charge in [0.25, 0.3) is 11.5 Å². The van der Waals surface area contributed by atoms with E-state index in [-0.39, 0.29) is 24.6 Å². The summed E-state index contributed by atoms with van der Waals surface area (Å²) < 4.78 is 5.75. The van der Waals surface area contributed by atoms with Gasteiger partial charge in [-0.25, -0.2) is 4.98 Å². The minimum atomic E-state index is -0.253. The van der Waals surface area contributed by atoms with Gasteiger partial charge >= 0.3 is 0 Å². The molecule has 0 atom stereocenters. The number of halogens is 1. The number of hydrogen-bond donors (Lipinski definition) is 1. The Balaban J connectivity index is 1.77. The number of amides is 1. The molecule has 0 radical (unpaired) electrons. The minimum absolute atomic E-state index is 0.0755. The molecule has 0 aliphatic heterocycles. The van der Waals surface area contributed by atoms with Crippen LogP contribution in [0.2, 0.25) is 5.02 Å². The number of aryl methyl sites for hydroxylation is 1. The number of nitrogens with one attached hydrogen (secondary N) is 1. The summed E-state index contributed by atoms with van der Waals surface area (Å²) in [6.45, 7) is 6.61. The Bertz CT molecular complexity index is 1090. The first-order chi connectivity index (χ1) is 13.9. The highest BCUT2D eigenvalue weighted by Gasteiger charge is 2.17. The van der Waals surface area contributed by atoms with Crippen molar-refractivity contribution in [1.29, 1.82) is 0 Å². The number of carbonyl (C=O) groups is 1. The van der Waals surface area contributed by atoms with Gasteiger partial charge < -0.3 is 14.6 Å². The number of carbonyl (C=O) groups excluding carboxylic acids is 1. The van der Waals surface area contributed by atoms with E-state index in [0.29, 0.717) is 34.0 Å². The van der Waals surface area contributed by atoms with Crippen LogP contribution in [0, 0.1) is 13.8 Å². The molecule has 1 amide bonds. The van der Waals surface area contributed by atoms with E-state index in [0.717, 1.165) is 17.5 Å². The van der Waals surface area contributed by atoms with Gasteiger partial charge in [0.2, 0.25) is 0 Å². The van der Waals surface area contributed by atoms with E-state index < -0.39 is 0 Å². The van der Waals surface area contributed by atoms with Crippen LogP contribution in [-0.4, -0.2) is 33.9 Å². The Labute approximate surface area is 174 Å². The third-order valence-electron chi connectivity index (χ3n) is 4.81. The largest absolute Gasteiger partial charge is 0.483 e. The topological polar surface area (TPSA) is 75.3 Å². The van der Waals surface area contributed by atoms with Crippen LogP contribution in [0.5, 0.6) is 5.75 Å². The van der Waals surface area contributed by atoms with Gasteiger partial charge in [-0.2, -0.15) is 0 Å². The molecule has 0 aliphatic carbocycles. The van der Waals surface area contributed by atoms with Crippen LogP contribution in [0.1, 0.15) is 30.3 Å². The average molecular weight is 414 g/mol. The molecule has 0 fully saturated rings. The molecule has 0 spiro atoms. The van der Waals surface area contributed by atoms with Crippen molar-refractivity contribution in [3.8, 4) is 5.75 Å². The maximum Gasteiger partial charge on any atom is 0.260 e. The summed E-state index contributed by atoms with van der Waals surface area (Å²) in [5.41, 5.74) is 2.38. The van der Waals surface area contributed by atoms with Crippen LogP contribution in [0.3, 0.4) is 0 Å². The lowest BCUT2D eigenvalue weighted by molar-refractivity contribution is -0.134. The monoisotopic (exact) mass is 413 g/mol. The summed E-state index contributed by atoms with van der Waals surface area (Å²) in [5.74, 6) is 0.946. The van der Waals surface area contributed by atoms with Crippen LogP contribution < -0.4 is 10.3 Å². The molecule has 1 heterocycles. The molecule has 0 unspecified atom stereocenters. The second kappa shape index (κ2) is 9.09. The molecular weight excluding hydrogens is 390 g/mol. The van der Waals surface area contributed by atoms with Gasteiger partial charge in [-0.15, -0.1) is 0 Å². The van der Waals surface area contributed by atoms with Crippen LogP contribution in [0.15, 0.2) is 41.2 Å². The average Bonchev–Trinajstić information content (AvgIpc) is 2.68. The number of H-pyrrole nitrogens is 1. The Hall–Kier alpha value is -2.86. The molecule has 1 aromatic heterocycles. The van der Waals surface area contributed by atoms with Gasteiger partial charge in [0.15, 0.2) is 6.61 Å². The van der Waals surface area contributed by atoms with E-state index in [1.54, 1.807) is 23.1 Å². The predicted molar refractivity (Wildman–Crippen MR) is 114 cm³/mol. The van der Waals surface area contributed by atoms with E-state index in [9.17, 15) is 9.59 Å². The lowest BCUT2D eigenvalue weighted by Crippen LogP contribution is -2.36. The van der Waals surface area contributed by atoms with E-state index in [1.807, 2.05) is 39.0 Å². The Kier molecular flexibility index (Phi) is 6.54. The van der Waals surface area contributed by atoms with E-state index in [4.69, 9.17) is 16.3 Å². The molecule has 0 bridgehead atoms. The maximum atomic E-state index is 12.8. The maximum absolute atomic E-state index is 12.8. The van der Waals surface area contributed by atoms with Gasteiger partial charge in [0.1, 0.15) is 11.6 Å². The molecule has 2 aromatic carbocycles. The van der Waals surface area contributed by atoms with Gasteiger partial charge in [0, 0.05) is 11.6 Å². The first-order valence-electron chi connectivity index (χ1n) is 9.54. The van der Waals surface area contributed by atoms with Crippen molar-refractivity contribution in [3.05, 3.63) is 68.7 Å². The van der Waals surface area contributed by atoms with Crippen LogP contribution in [0.4, 0.5) is 0 Å². The van der Waals surface area contributed by atoms with Gasteiger partial charge in [-0.3, -0.25) is 9.59 Å². The number of aromatic amines is 1. The fraction of sp³-hybridized carbons (Fsp3) is 0.318. The molecule has 7 heteroatoms. The van der Waals surface area contributed by atoms with Crippen LogP contribution >= 0.6 is 11.6 Å². The number of nitrogens with zero attached hydrogens (tertiary/aromatic N) is 2. The lowest BCUT2D eigenvalue weighted by atomic mass is 10.1. The second-order valence-corrected chi connectivity index (χ2v) is 7.41. The molecule has 3 rings (SSSR count). The first-order valence-corrected chi connectivity index (χ1v) is 9.92. The van der Waals surface area contributed by atoms with Crippen molar-refractivity contribution in [2.75, 3.05) is 13.2 Å². The standard InChI is InChI=1S/C22H24ClN3O3/c1-4-10-26(21(27)13-29-19-7-5-6-14(2)15(19)3)12-20-24-18-11-16(23)8-9-17(18)22(28)25-20/h5-9,11H,4,10,12-13H2,1-3H3,(H,24,25,28). The second-order valence-electron chi connectivity index (χ2n) is 6.98. The summed E-state index contributed by atoms with van der Waals surface area (Å²) >= 11 is 6.02. The van der Waals surface area contributed by atoms with Gasteiger partial charge in [0.05, 0.1) is 17.4 Å². The summed E-state index contributed by atoms with van der Waals surface area (Å²) in [4.78, 5) is 34.0. The lowest BCUT2D eigenvalue weighted by Gasteiger charge is -2.22. The number of ether oxygens (including phenoxy) is 1. The molecule has 1 N–H and O–H groups in total. The van der Waals surface area contributed by atoms with Crippen LogP contribution in [-0.2, 0) is 11.3 Å². The normalized spacial score (nSPS) is 10.9. The molecule has 3 aromatic rings. The van der Waals surface area contributed by atoms with Crippen LogP contribution in [0.25, 0.3) is 10.9 Å². The molecule has 152 valence electrons. The summed E-state index contributed by atoms with van der Waals surface area (Å²) in [7, 11) is 0. The minimum Gasteiger partial charge on any atom is -0.483 e. The van der Waals surface area contributed by atoms with E-state index in [2.05, 4.69) is 9.97 Å². The molecule has 29 heavy (non-hydrogen) atoms. The van der Waals surface area contributed by atoms with Crippen molar-refractivity contribution < 1.29 is 9.53 Å². The smallest absolute Gasteiger partial charge is 0.260 e. The summed E-state index contributed by atoms with van der Waals surface area (Å²) in [6.07, 6.45) is 0.777. The number of fused-ring (bicyclic) bond motifs is 1. The quantitative estimate of drug-likeness (QED) is 0.635. The molecule has 0 aliphatic rings. The predicted octanol–water partition coefficient (Wildman–Crippen LogP) is 4.01. The third kappa shape index (κ3) is 4.95. The van der Waals surface area contributed by atoms with Crippen molar-refractivity contribution in [1.82, 2.24) is 14.9 Å². The summed E-state index contributed by atoms with van der Waals surface area (Å²) in [5, 5.41) is 0.967. The molecule has 0 saturated carbocycles. The Morgan fingerprint density at radius 2 is 2.03 bits per heavy atom. The zero-order valence-electron chi connectivity index (χ0n) is 16.8. The Morgan fingerprint density at radius 3 is 2.79 bits per heavy atom. The number of aromatic nitrogens is 2. The Morgan fingerprint density at radius 1 is 1.24 bits per heavy atom. The van der Waals surface area contributed by atoms with Crippen molar-refractivity contribution >= 4 is 28.4 Å². The molecule has 0 saturated heterocycles. The highest BCUT2D eigenvalue weighted by atomic mass is 35.5. The third-order valence-corrected chi connectivity index (χ3v) is 5.05. The van der Waals surface area contributed by atoms with E-state index >= 15 is 0 Å². The highest BCUT2D eigenvalue weighted by molar-refractivity contribution is 6.31. The van der Waals surface area contributed by atoms with Crippen molar-refractivity contribution in [2.45, 2.75) is 33.7 Å². The zero-order valence-corrected chi connectivity index (χ0v) is 17.5. The molecular formula is C22H24ClN3O3. The SMILES string of the molecule is CCCN(Cc1nc2cc(Cl)ccc2c(=O)[nH]1)C(=O)COc1cccc(C)c1C. The van der Waals surface area contributed by atoms with Crippen molar-refractivity contribution in [2.24, 2.45) is 0 Å². The van der Waals surface area contributed by atoms with Crippen molar-refractivity contribution in [3.63, 3.8) is 0 Å². The number of rotatable bonds is 7.